The summed E-state index contributed by atoms with van der Waals surface area (Å²) < 4.78 is 0. The molecule has 2 aliphatic rings. The number of rotatable bonds is 2. The molecule has 0 radical (unpaired) electrons. The summed E-state index contributed by atoms with van der Waals surface area (Å²) in [5.41, 5.74) is 0.518. The quantitative estimate of drug-likeness (QED) is 0.838. The van der Waals surface area contributed by atoms with Gasteiger partial charge in [0.15, 0.2) is 0 Å². The Morgan fingerprint density at radius 3 is 2.65 bits per heavy atom. The topological polar surface area (TPSA) is 49.4 Å². The van der Waals surface area contributed by atoms with Crippen LogP contribution in [-0.2, 0) is 4.79 Å². The summed E-state index contributed by atoms with van der Waals surface area (Å²) >= 11 is 0. The second kappa shape index (κ2) is 4.78. The first kappa shape index (κ1) is 12.9. The fraction of sp³-hybridized carbons (Fsp3) is 0.375. The van der Waals surface area contributed by atoms with Crippen LogP contribution in [0.2, 0.25) is 0 Å². The standard InChI is InChI=1S/C16H18N2O2/c1-2-11-18-13-8-4-3-7-12(13)14(19)17-16(15(18)20)9-5-6-10-16/h2-4,7-8H,1,5-6,9-11H2,(H,17,19). The number of anilines is 1. The molecule has 1 aromatic carbocycles. The average molecular weight is 270 g/mol. The second-order valence-corrected chi connectivity index (χ2v) is 5.46. The number of fused-ring (bicyclic) bond motifs is 1. The molecule has 1 aliphatic heterocycles. The van der Waals surface area contributed by atoms with Gasteiger partial charge in [-0.15, -0.1) is 6.58 Å². The summed E-state index contributed by atoms with van der Waals surface area (Å²) in [5, 5.41) is 2.98. The van der Waals surface area contributed by atoms with Crippen molar-refractivity contribution in [2.45, 2.75) is 31.2 Å². The normalized spacial score (nSPS) is 20.5. The van der Waals surface area contributed by atoms with Gasteiger partial charge in [-0.1, -0.05) is 31.1 Å². The fourth-order valence-electron chi connectivity index (χ4n) is 3.23. The number of nitrogens with one attached hydrogen (secondary N) is 1. The Balaban J connectivity index is 2.13. The van der Waals surface area contributed by atoms with E-state index in [0.717, 1.165) is 25.7 Å². The Hall–Kier alpha value is -2.10. The van der Waals surface area contributed by atoms with Gasteiger partial charge in [0.25, 0.3) is 11.8 Å². The zero-order chi connectivity index (χ0) is 14.2. The lowest BCUT2D eigenvalue weighted by molar-refractivity contribution is -0.124. The van der Waals surface area contributed by atoms with Crippen molar-refractivity contribution in [3.8, 4) is 0 Å². The molecule has 0 bridgehead atoms. The van der Waals surface area contributed by atoms with Crippen molar-refractivity contribution in [3.63, 3.8) is 0 Å². The lowest BCUT2D eigenvalue weighted by atomic mass is 9.95. The minimum Gasteiger partial charge on any atom is -0.338 e. The van der Waals surface area contributed by atoms with Crippen molar-refractivity contribution in [1.82, 2.24) is 5.32 Å². The molecule has 4 nitrogen and oxygen atoms in total. The largest absolute Gasteiger partial charge is 0.338 e. The van der Waals surface area contributed by atoms with Gasteiger partial charge in [-0.05, 0) is 25.0 Å². The van der Waals surface area contributed by atoms with Crippen LogP contribution in [0, 0.1) is 0 Å². The second-order valence-electron chi connectivity index (χ2n) is 5.46. The smallest absolute Gasteiger partial charge is 0.254 e. The molecule has 1 spiro atoms. The van der Waals surface area contributed by atoms with E-state index in [4.69, 9.17) is 0 Å². The summed E-state index contributed by atoms with van der Waals surface area (Å²) in [7, 11) is 0. The van der Waals surface area contributed by atoms with E-state index in [1.54, 1.807) is 17.0 Å². The molecule has 0 aromatic heterocycles. The van der Waals surface area contributed by atoms with Crippen molar-refractivity contribution >= 4 is 17.5 Å². The summed E-state index contributed by atoms with van der Waals surface area (Å²) in [6, 6.07) is 7.26. The van der Waals surface area contributed by atoms with Crippen LogP contribution in [0.25, 0.3) is 0 Å². The van der Waals surface area contributed by atoms with Crippen molar-refractivity contribution in [2.24, 2.45) is 0 Å². The molecule has 104 valence electrons. The molecule has 3 rings (SSSR count). The Bertz CT molecular complexity index is 574. The van der Waals surface area contributed by atoms with Gasteiger partial charge < -0.3 is 10.2 Å². The highest BCUT2D eigenvalue weighted by molar-refractivity contribution is 6.13. The van der Waals surface area contributed by atoms with Gasteiger partial charge in [0.2, 0.25) is 0 Å². The van der Waals surface area contributed by atoms with Gasteiger partial charge >= 0.3 is 0 Å². The summed E-state index contributed by atoms with van der Waals surface area (Å²) in [6.07, 6.45) is 5.10. The fourth-order valence-corrected chi connectivity index (χ4v) is 3.23. The highest BCUT2D eigenvalue weighted by Crippen LogP contribution is 2.36. The van der Waals surface area contributed by atoms with Crippen LogP contribution in [0.15, 0.2) is 36.9 Å². The maximum atomic E-state index is 12.9. The lowest BCUT2D eigenvalue weighted by Crippen LogP contribution is -2.56. The van der Waals surface area contributed by atoms with Crippen LogP contribution in [0.3, 0.4) is 0 Å². The SMILES string of the molecule is C=CCN1C(=O)C2(CCCC2)NC(=O)c2ccccc21. The van der Waals surface area contributed by atoms with E-state index in [0.29, 0.717) is 17.8 Å². The Labute approximate surface area is 118 Å². The number of hydrogen-bond donors (Lipinski definition) is 1. The third kappa shape index (κ3) is 1.83. The summed E-state index contributed by atoms with van der Waals surface area (Å²) in [6.45, 7) is 4.15. The number of amides is 2. The van der Waals surface area contributed by atoms with Crippen LogP contribution in [0.4, 0.5) is 5.69 Å². The number of benzene rings is 1. The molecule has 1 fully saturated rings. The van der Waals surface area contributed by atoms with Gasteiger partial charge in [0.05, 0.1) is 11.3 Å². The Morgan fingerprint density at radius 1 is 1.25 bits per heavy atom. The molecule has 1 aliphatic carbocycles. The van der Waals surface area contributed by atoms with Crippen molar-refractivity contribution < 1.29 is 9.59 Å². The van der Waals surface area contributed by atoms with Gasteiger partial charge in [0.1, 0.15) is 5.54 Å². The lowest BCUT2D eigenvalue weighted by Gasteiger charge is -2.31. The molecule has 0 atom stereocenters. The van der Waals surface area contributed by atoms with E-state index in [9.17, 15) is 9.59 Å². The number of hydrogen-bond acceptors (Lipinski definition) is 2. The third-order valence-electron chi connectivity index (χ3n) is 4.22. The molecular weight excluding hydrogens is 252 g/mol. The molecule has 2 amide bonds. The van der Waals surface area contributed by atoms with Crippen LogP contribution < -0.4 is 10.2 Å². The first-order valence-electron chi connectivity index (χ1n) is 7.02. The van der Waals surface area contributed by atoms with E-state index < -0.39 is 5.54 Å². The van der Waals surface area contributed by atoms with Crippen LogP contribution in [-0.4, -0.2) is 23.9 Å². The van der Waals surface area contributed by atoms with E-state index in [1.165, 1.54) is 0 Å². The Kier molecular flexibility index (Phi) is 3.08. The third-order valence-corrected chi connectivity index (χ3v) is 4.22. The van der Waals surface area contributed by atoms with Crippen molar-refractivity contribution in [3.05, 3.63) is 42.5 Å². The van der Waals surface area contributed by atoms with E-state index in [2.05, 4.69) is 11.9 Å². The minimum atomic E-state index is -0.723. The van der Waals surface area contributed by atoms with Gasteiger partial charge in [-0.25, -0.2) is 0 Å². The molecule has 20 heavy (non-hydrogen) atoms. The maximum Gasteiger partial charge on any atom is 0.254 e. The molecule has 1 saturated carbocycles. The monoisotopic (exact) mass is 270 g/mol. The van der Waals surface area contributed by atoms with E-state index in [-0.39, 0.29) is 11.8 Å². The van der Waals surface area contributed by atoms with Crippen LogP contribution in [0.1, 0.15) is 36.0 Å². The van der Waals surface area contributed by atoms with Gasteiger partial charge in [0, 0.05) is 6.54 Å². The minimum absolute atomic E-state index is 0.00630. The predicted octanol–water partition coefficient (Wildman–Crippen LogP) is 2.26. The van der Waals surface area contributed by atoms with Gasteiger partial charge in [-0.3, -0.25) is 9.59 Å². The van der Waals surface area contributed by atoms with E-state index in [1.807, 2.05) is 18.2 Å². The number of para-hydroxylation sites is 1. The number of nitrogens with zero attached hydrogens (tertiary/aromatic N) is 1. The first-order chi connectivity index (χ1) is 9.68. The number of carbonyl (C=O) groups is 2. The predicted molar refractivity (Wildman–Crippen MR) is 77.7 cm³/mol. The molecule has 4 heteroatoms. The zero-order valence-corrected chi connectivity index (χ0v) is 11.4. The summed E-state index contributed by atoms with van der Waals surface area (Å²) in [4.78, 5) is 27.1. The molecule has 1 N–H and O–H groups in total. The van der Waals surface area contributed by atoms with Crippen LogP contribution in [0.5, 0.6) is 0 Å². The molecule has 0 unspecified atom stereocenters. The Morgan fingerprint density at radius 2 is 1.95 bits per heavy atom. The highest BCUT2D eigenvalue weighted by Gasteiger charge is 2.47. The van der Waals surface area contributed by atoms with Crippen LogP contribution >= 0.6 is 0 Å². The maximum absolute atomic E-state index is 12.9. The zero-order valence-electron chi connectivity index (χ0n) is 11.4. The molecule has 0 saturated heterocycles. The highest BCUT2D eigenvalue weighted by atomic mass is 16.2. The molecule has 1 heterocycles. The number of carbonyl (C=O) groups excluding carboxylic acids is 2. The molecule has 1 aromatic rings. The van der Waals surface area contributed by atoms with E-state index >= 15 is 0 Å². The molecular formula is C16H18N2O2. The van der Waals surface area contributed by atoms with Crippen molar-refractivity contribution in [2.75, 3.05) is 11.4 Å². The summed E-state index contributed by atoms with van der Waals surface area (Å²) in [5.74, 6) is -0.157. The average Bonchev–Trinajstić information content (AvgIpc) is 2.90. The first-order valence-corrected chi connectivity index (χ1v) is 7.02. The van der Waals surface area contributed by atoms with Gasteiger partial charge in [-0.2, -0.15) is 0 Å². The van der Waals surface area contributed by atoms with Crippen molar-refractivity contribution in [1.29, 1.82) is 0 Å².